The molecule has 2 aromatic rings. The highest BCUT2D eigenvalue weighted by atomic mass is 19.1. The lowest BCUT2D eigenvalue weighted by Gasteiger charge is -2.07. The van der Waals surface area contributed by atoms with Gasteiger partial charge in [0.05, 0.1) is 12.8 Å². The molecule has 26 heavy (non-hydrogen) atoms. The number of carbonyl (C=O) groups is 1. The predicted molar refractivity (Wildman–Crippen MR) is 102 cm³/mol. The Kier molecular flexibility index (Phi) is 8.33. The Morgan fingerprint density at radius 3 is 2.42 bits per heavy atom. The van der Waals surface area contributed by atoms with Crippen molar-refractivity contribution in [3.05, 3.63) is 65.5 Å². The van der Waals surface area contributed by atoms with Crippen LogP contribution in [0.2, 0.25) is 0 Å². The van der Waals surface area contributed by atoms with Crippen LogP contribution in [0.5, 0.6) is 5.75 Å². The molecular weight excluding hydrogens is 331 g/mol. The third-order valence-electron chi connectivity index (χ3n) is 3.88. The van der Waals surface area contributed by atoms with E-state index in [1.165, 1.54) is 44.0 Å². The molecule has 0 radical (unpaired) electrons. The van der Waals surface area contributed by atoms with E-state index in [0.29, 0.717) is 17.7 Å². The van der Waals surface area contributed by atoms with Gasteiger partial charge in [-0.2, -0.15) is 5.10 Å². The van der Waals surface area contributed by atoms with Crippen LogP contribution >= 0.6 is 0 Å². The third kappa shape index (κ3) is 7.05. The van der Waals surface area contributed by atoms with Gasteiger partial charge in [-0.25, -0.2) is 9.82 Å². The van der Waals surface area contributed by atoms with Gasteiger partial charge in [-0.1, -0.05) is 44.7 Å². The lowest BCUT2D eigenvalue weighted by Crippen LogP contribution is -2.17. The Morgan fingerprint density at radius 2 is 1.73 bits per heavy atom. The Balaban J connectivity index is 1.74. The van der Waals surface area contributed by atoms with Gasteiger partial charge in [0, 0.05) is 5.56 Å². The molecule has 0 aliphatic rings. The molecule has 0 unspecified atom stereocenters. The van der Waals surface area contributed by atoms with Gasteiger partial charge in [-0.05, 0) is 48.4 Å². The highest BCUT2D eigenvalue weighted by Gasteiger charge is 2.04. The van der Waals surface area contributed by atoms with Crippen molar-refractivity contribution in [2.24, 2.45) is 5.10 Å². The second-order valence-corrected chi connectivity index (χ2v) is 6.04. The van der Waals surface area contributed by atoms with Crippen LogP contribution in [-0.2, 0) is 0 Å². The molecule has 2 aromatic carbocycles. The van der Waals surface area contributed by atoms with Crippen LogP contribution in [0.15, 0.2) is 53.6 Å². The number of amides is 1. The summed E-state index contributed by atoms with van der Waals surface area (Å²) in [6, 6.07) is 12.8. The number of benzene rings is 2. The van der Waals surface area contributed by atoms with Gasteiger partial charge < -0.3 is 4.74 Å². The summed E-state index contributed by atoms with van der Waals surface area (Å²) in [5.41, 5.74) is 3.65. The van der Waals surface area contributed by atoms with Gasteiger partial charge in [0.25, 0.3) is 5.91 Å². The summed E-state index contributed by atoms with van der Waals surface area (Å²) in [6.07, 6.45) is 7.44. The molecule has 0 saturated carbocycles. The molecule has 0 bridgehead atoms. The molecule has 0 aliphatic carbocycles. The molecule has 0 spiro atoms. The first-order valence-corrected chi connectivity index (χ1v) is 9.01. The van der Waals surface area contributed by atoms with Gasteiger partial charge in [0.2, 0.25) is 0 Å². The molecule has 0 fully saturated rings. The monoisotopic (exact) mass is 356 g/mol. The van der Waals surface area contributed by atoms with Crippen LogP contribution < -0.4 is 10.2 Å². The summed E-state index contributed by atoms with van der Waals surface area (Å²) in [4.78, 5) is 12.0. The van der Waals surface area contributed by atoms with E-state index in [1.807, 2.05) is 0 Å². The van der Waals surface area contributed by atoms with E-state index in [4.69, 9.17) is 4.74 Å². The fourth-order valence-corrected chi connectivity index (χ4v) is 2.38. The average molecular weight is 356 g/mol. The molecule has 0 aliphatic heterocycles. The normalized spacial score (nSPS) is 10.8. The molecule has 5 heteroatoms. The maximum Gasteiger partial charge on any atom is 0.271 e. The van der Waals surface area contributed by atoms with Crippen molar-refractivity contribution in [3.63, 3.8) is 0 Å². The zero-order valence-electron chi connectivity index (χ0n) is 15.1. The van der Waals surface area contributed by atoms with Gasteiger partial charge in [0.1, 0.15) is 11.6 Å². The summed E-state index contributed by atoms with van der Waals surface area (Å²) in [7, 11) is 0. The molecule has 0 saturated heterocycles. The summed E-state index contributed by atoms with van der Waals surface area (Å²) in [6.45, 7) is 2.89. The van der Waals surface area contributed by atoms with Crippen LogP contribution in [0.4, 0.5) is 4.39 Å². The number of hydrazone groups is 1. The number of unbranched alkanes of at least 4 members (excludes halogenated alkanes) is 4. The van der Waals surface area contributed by atoms with Crippen LogP contribution in [0.1, 0.15) is 54.9 Å². The Morgan fingerprint density at radius 1 is 1.04 bits per heavy atom. The molecule has 4 nitrogen and oxygen atoms in total. The van der Waals surface area contributed by atoms with Crippen molar-refractivity contribution in [3.8, 4) is 5.75 Å². The number of nitrogens with one attached hydrogen (secondary N) is 1. The van der Waals surface area contributed by atoms with Crippen molar-refractivity contribution in [2.45, 2.75) is 39.0 Å². The zero-order valence-corrected chi connectivity index (χ0v) is 15.1. The third-order valence-corrected chi connectivity index (χ3v) is 3.88. The van der Waals surface area contributed by atoms with Crippen molar-refractivity contribution in [1.82, 2.24) is 5.43 Å². The minimum absolute atomic E-state index is 0.311. The molecule has 0 aromatic heterocycles. The predicted octanol–water partition coefficient (Wildman–Crippen LogP) is 4.94. The van der Waals surface area contributed by atoms with E-state index < -0.39 is 0 Å². The number of halogens is 1. The van der Waals surface area contributed by atoms with Crippen LogP contribution in [0.25, 0.3) is 0 Å². The smallest absolute Gasteiger partial charge is 0.271 e. The van der Waals surface area contributed by atoms with Crippen molar-refractivity contribution < 1.29 is 13.9 Å². The average Bonchev–Trinajstić information content (AvgIpc) is 2.66. The second kappa shape index (κ2) is 11.0. The number of nitrogens with zero attached hydrogens (tertiary/aromatic N) is 1. The lowest BCUT2D eigenvalue weighted by molar-refractivity contribution is 0.0955. The maximum atomic E-state index is 12.8. The number of hydrogen-bond donors (Lipinski definition) is 1. The van der Waals surface area contributed by atoms with Gasteiger partial charge in [-0.15, -0.1) is 0 Å². The first kappa shape index (κ1) is 19.6. The van der Waals surface area contributed by atoms with E-state index in [0.717, 1.165) is 12.2 Å². The fraction of sp³-hybridized carbons (Fsp3) is 0.333. The van der Waals surface area contributed by atoms with Crippen LogP contribution in [0.3, 0.4) is 0 Å². The topological polar surface area (TPSA) is 50.7 Å². The summed E-state index contributed by atoms with van der Waals surface area (Å²) >= 11 is 0. The minimum atomic E-state index is -0.311. The minimum Gasteiger partial charge on any atom is -0.494 e. The molecule has 1 N–H and O–H groups in total. The van der Waals surface area contributed by atoms with Crippen LogP contribution in [0, 0.1) is 5.82 Å². The number of ether oxygens (including phenoxy) is 1. The van der Waals surface area contributed by atoms with Crippen LogP contribution in [-0.4, -0.2) is 18.7 Å². The summed E-state index contributed by atoms with van der Waals surface area (Å²) in [5, 5.41) is 3.88. The van der Waals surface area contributed by atoms with E-state index in [1.54, 1.807) is 36.4 Å². The first-order valence-electron chi connectivity index (χ1n) is 9.01. The van der Waals surface area contributed by atoms with Gasteiger partial charge in [-0.3, -0.25) is 4.79 Å². The largest absolute Gasteiger partial charge is 0.494 e. The second-order valence-electron chi connectivity index (χ2n) is 6.04. The van der Waals surface area contributed by atoms with E-state index in [-0.39, 0.29) is 11.7 Å². The van der Waals surface area contributed by atoms with E-state index in [2.05, 4.69) is 17.5 Å². The molecule has 0 atom stereocenters. The Hall–Kier alpha value is -2.69. The number of hydrogen-bond acceptors (Lipinski definition) is 3. The van der Waals surface area contributed by atoms with E-state index >= 15 is 0 Å². The van der Waals surface area contributed by atoms with Crippen molar-refractivity contribution in [1.29, 1.82) is 0 Å². The fourth-order valence-electron chi connectivity index (χ4n) is 2.38. The lowest BCUT2D eigenvalue weighted by atomic mass is 10.2. The number of rotatable bonds is 10. The van der Waals surface area contributed by atoms with Crippen molar-refractivity contribution in [2.75, 3.05) is 6.61 Å². The highest BCUT2D eigenvalue weighted by molar-refractivity contribution is 5.94. The highest BCUT2D eigenvalue weighted by Crippen LogP contribution is 2.13. The molecule has 2 rings (SSSR count). The summed E-state index contributed by atoms with van der Waals surface area (Å²) in [5.74, 6) is 0.135. The first-order chi connectivity index (χ1) is 12.7. The number of carbonyl (C=O) groups excluding carboxylic acids is 1. The SMILES string of the molecule is CCCCCCCOc1ccc(C(=O)N/N=C/c2ccc(F)cc2)cc1. The Labute approximate surface area is 154 Å². The van der Waals surface area contributed by atoms with Crippen molar-refractivity contribution >= 4 is 12.1 Å². The molecule has 138 valence electrons. The standard InChI is InChI=1S/C21H25FN2O2/c1-2-3-4-5-6-15-26-20-13-9-18(10-14-20)21(25)24-23-16-17-7-11-19(22)12-8-17/h7-14,16H,2-6,15H2,1H3,(H,24,25)/b23-16+. The zero-order chi connectivity index (χ0) is 18.6. The Bertz CT molecular complexity index is 697. The molecular formula is C21H25FN2O2. The summed E-state index contributed by atoms with van der Waals surface area (Å²) < 4.78 is 18.5. The quantitative estimate of drug-likeness (QED) is 0.372. The molecule has 1 amide bonds. The molecule has 0 heterocycles. The van der Waals surface area contributed by atoms with Gasteiger partial charge in [0.15, 0.2) is 0 Å². The maximum absolute atomic E-state index is 12.8. The van der Waals surface area contributed by atoms with Gasteiger partial charge >= 0.3 is 0 Å². The van der Waals surface area contributed by atoms with E-state index in [9.17, 15) is 9.18 Å².